The maximum Gasteiger partial charge on any atom is 0.303 e. The number of nitrogens with one attached hydrogen (secondary N) is 1. The van der Waals surface area contributed by atoms with E-state index in [0.29, 0.717) is 32.5 Å². The van der Waals surface area contributed by atoms with Crippen molar-refractivity contribution in [3.63, 3.8) is 0 Å². The largest absolute Gasteiger partial charge is 0.486 e. The van der Waals surface area contributed by atoms with Crippen LogP contribution in [0.25, 0.3) is 0 Å². The fraction of sp³-hybridized carbons (Fsp3) is 0.579. The van der Waals surface area contributed by atoms with E-state index >= 15 is 0 Å². The molecule has 6 heteroatoms. The summed E-state index contributed by atoms with van der Waals surface area (Å²) >= 11 is 0. The van der Waals surface area contributed by atoms with Gasteiger partial charge in [0.15, 0.2) is 11.5 Å². The minimum absolute atomic E-state index is 0.0119. The molecule has 2 aliphatic rings. The number of carbonyl (C=O) groups excluding carboxylic acids is 1. The number of carbonyl (C=O) groups is 2. The van der Waals surface area contributed by atoms with E-state index in [-0.39, 0.29) is 17.9 Å². The van der Waals surface area contributed by atoms with Crippen LogP contribution < -0.4 is 14.8 Å². The zero-order valence-electron chi connectivity index (χ0n) is 14.4. The van der Waals surface area contributed by atoms with Crippen molar-refractivity contribution >= 4 is 11.9 Å². The lowest BCUT2D eigenvalue weighted by atomic mass is 9.87. The van der Waals surface area contributed by atoms with Crippen molar-refractivity contribution in [1.82, 2.24) is 5.32 Å². The van der Waals surface area contributed by atoms with Gasteiger partial charge in [-0.3, -0.25) is 9.59 Å². The highest BCUT2D eigenvalue weighted by Crippen LogP contribution is 2.42. The summed E-state index contributed by atoms with van der Waals surface area (Å²) in [5.74, 6) is 0.667. The zero-order chi connectivity index (χ0) is 17.7. The highest BCUT2D eigenvalue weighted by molar-refractivity contribution is 5.77. The van der Waals surface area contributed by atoms with Crippen LogP contribution in [-0.2, 0) is 15.1 Å². The molecule has 0 unspecified atom stereocenters. The fourth-order valence-electron chi connectivity index (χ4n) is 3.70. The Bertz CT molecular complexity index is 637. The van der Waals surface area contributed by atoms with Crippen molar-refractivity contribution in [2.45, 2.75) is 56.9 Å². The molecule has 0 aromatic heterocycles. The Morgan fingerprint density at radius 2 is 1.72 bits per heavy atom. The molecule has 1 amide bonds. The van der Waals surface area contributed by atoms with E-state index in [2.05, 4.69) is 5.32 Å². The van der Waals surface area contributed by atoms with Gasteiger partial charge in [0.1, 0.15) is 13.2 Å². The topological polar surface area (TPSA) is 84.9 Å². The zero-order valence-corrected chi connectivity index (χ0v) is 14.4. The summed E-state index contributed by atoms with van der Waals surface area (Å²) in [5, 5.41) is 11.9. The fourth-order valence-corrected chi connectivity index (χ4v) is 3.70. The molecule has 25 heavy (non-hydrogen) atoms. The van der Waals surface area contributed by atoms with Crippen LogP contribution in [0.3, 0.4) is 0 Å². The Balaban J connectivity index is 1.67. The average Bonchev–Trinajstić information content (AvgIpc) is 3.08. The third-order valence-corrected chi connectivity index (χ3v) is 4.98. The van der Waals surface area contributed by atoms with Gasteiger partial charge in [-0.25, -0.2) is 0 Å². The van der Waals surface area contributed by atoms with E-state index in [1.807, 2.05) is 18.2 Å². The van der Waals surface area contributed by atoms with E-state index in [1.165, 1.54) is 0 Å². The molecule has 0 bridgehead atoms. The van der Waals surface area contributed by atoms with Gasteiger partial charge < -0.3 is 19.9 Å². The first-order chi connectivity index (χ1) is 12.1. The Labute approximate surface area is 147 Å². The lowest BCUT2D eigenvalue weighted by Gasteiger charge is -2.32. The summed E-state index contributed by atoms with van der Waals surface area (Å²) in [7, 11) is 0. The number of rotatable bonds is 7. The van der Waals surface area contributed by atoms with Gasteiger partial charge in [-0.15, -0.1) is 0 Å². The van der Waals surface area contributed by atoms with Gasteiger partial charge in [-0.05, 0) is 43.4 Å². The molecular formula is C19H25NO5. The Morgan fingerprint density at radius 3 is 2.44 bits per heavy atom. The molecule has 1 saturated carbocycles. The number of amides is 1. The van der Waals surface area contributed by atoms with Crippen molar-refractivity contribution in [2.24, 2.45) is 0 Å². The van der Waals surface area contributed by atoms with Gasteiger partial charge in [0.05, 0.1) is 5.54 Å². The number of carboxylic acids is 1. The van der Waals surface area contributed by atoms with E-state index in [4.69, 9.17) is 14.6 Å². The van der Waals surface area contributed by atoms with Crippen molar-refractivity contribution < 1.29 is 24.2 Å². The minimum Gasteiger partial charge on any atom is -0.486 e. The summed E-state index contributed by atoms with van der Waals surface area (Å²) in [6, 6.07) is 5.93. The van der Waals surface area contributed by atoms with E-state index in [9.17, 15) is 9.59 Å². The number of ether oxygens (including phenoxy) is 2. The number of carboxylic acid groups (broad SMARTS) is 1. The molecule has 1 fully saturated rings. The first-order valence-electron chi connectivity index (χ1n) is 9.02. The van der Waals surface area contributed by atoms with Crippen molar-refractivity contribution in [2.75, 3.05) is 13.2 Å². The summed E-state index contributed by atoms with van der Waals surface area (Å²) in [6.45, 7) is 1.10. The first kappa shape index (κ1) is 17.6. The highest BCUT2D eigenvalue weighted by Gasteiger charge is 2.37. The Kier molecular flexibility index (Phi) is 5.46. The van der Waals surface area contributed by atoms with Crippen LogP contribution in [-0.4, -0.2) is 30.2 Å². The second kappa shape index (κ2) is 7.76. The maximum atomic E-state index is 12.4. The molecule has 1 aliphatic heterocycles. The Hall–Kier alpha value is -2.24. The lowest BCUT2D eigenvalue weighted by Crippen LogP contribution is -2.43. The molecule has 2 N–H and O–H groups in total. The number of fused-ring (bicyclic) bond motifs is 1. The van der Waals surface area contributed by atoms with Gasteiger partial charge in [-0.2, -0.15) is 0 Å². The van der Waals surface area contributed by atoms with Crippen molar-refractivity contribution in [3.05, 3.63) is 23.8 Å². The maximum absolute atomic E-state index is 12.4. The number of hydrogen-bond donors (Lipinski definition) is 2. The smallest absolute Gasteiger partial charge is 0.303 e. The van der Waals surface area contributed by atoms with E-state index in [0.717, 1.165) is 42.7 Å². The molecular weight excluding hydrogens is 322 g/mol. The third-order valence-electron chi connectivity index (χ3n) is 4.98. The molecule has 1 aromatic rings. The molecule has 1 heterocycles. The molecule has 6 nitrogen and oxygen atoms in total. The highest BCUT2D eigenvalue weighted by atomic mass is 16.6. The lowest BCUT2D eigenvalue weighted by molar-refractivity contribution is -0.137. The van der Waals surface area contributed by atoms with Crippen LogP contribution in [0, 0.1) is 0 Å². The van der Waals surface area contributed by atoms with Crippen molar-refractivity contribution in [1.29, 1.82) is 0 Å². The molecule has 136 valence electrons. The van der Waals surface area contributed by atoms with Crippen LogP contribution in [0.15, 0.2) is 18.2 Å². The van der Waals surface area contributed by atoms with Crippen LogP contribution in [0.5, 0.6) is 11.5 Å². The number of benzene rings is 1. The normalized spacial score (nSPS) is 17.9. The molecule has 0 atom stereocenters. The van der Waals surface area contributed by atoms with Crippen LogP contribution in [0.1, 0.15) is 56.9 Å². The Morgan fingerprint density at radius 1 is 1.04 bits per heavy atom. The molecule has 0 radical (unpaired) electrons. The third kappa shape index (κ3) is 4.24. The molecule has 0 spiro atoms. The molecule has 3 rings (SSSR count). The second-order valence-electron chi connectivity index (χ2n) is 6.80. The second-order valence-corrected chi connectivity index (χ2v) is 6.80. The van der Waals surface area contributed by atoms with Crippen LogP contribution in [0.2, 0.25) is 0 Å². The number of aliphatic carboxylic acids is 1. The molecule has 1 aromatic carbocycles. The van der Waals surface area contributed by atoms with Crippen LogP contribution in [0.4, 0.5) is 0 Å². The predicted molar refractivity (Wildman–Crippen MR) is 91.8 cm³/mol. The van der Waals surface area contributed by atoms with E-state index in [1.54, 1.807) is 0 Å². The SMILES string of the molecule is O=C(O)CCCCC(=O)NC1(c2ccc3c(c2)OCCO3)CCCC1. The van der Waals surface area contributed by atoms with Gasteiger partial charge in [-0.1, -0.05) is 18.9 Å². The summed E-state index contributed by atoms with van der Waals surface area (Å²) in [4.78, 5) is 23.0. The monoisotopic (exact) mass is 347 g/mol. The minimum atomic E-state index is -0.816. The molecule has 0 saturated heterocycles. The number of unbranched alkanes of at least 4 members (excludes halogenated alkanes) is 1. The average molecular weight is 347 g/mol. The molecule has 1 aliphatic carbocycles. The number of hydrogen-bond acceptors (Lipinski definition) is 4. The van der Waals surface area contributed by atoms with Gasteiger partial charge in [0.2, 0.25) is 5.91 Å². The summed E-state index contributed by atoms with van der Waals surface area (Å²) < 4.78 is 11.3. The summed E-state index contributed by atoms with van der Waals surface area (Å²) in [5.41, 5.74) is 0.716. The quantitative estimate of drug-likeness (QED) is 0.741. The predicted octanol–water partition coefficient (Wildman–Crippen LogP) is 2.99. The van der Waals surface area contributed by atoms with Crippen molar-refractivity contribution in [3.8, 4) is 11.5 Å². The standard InChI is InChI=1S/C19H25NO5/c21-17(5-1-2-6-18(22)23)20-19(9-3-4-10-19)14-7-8-15-16(13-14)25-12-11-24-15/h7-8,13H,1-6,9-12H2,(H,20,21)(H,22,23). The first-order valence-corrected chi connectivity index (χ1v) is 9.02. The van der Waals surface area contributed by atoms with Crippen LogP contribution >= 0.6 is 0 Å². The summed E-state index contributed by atoms with van der Waals surface area (Å²) in [6.07, 6.45) is 5.57. The van der Waals surface area contributed by atoms with Gasteiger partial charge >= 0.3 is 5.97 Å². The van der Waals surface area contributed by atoms with Gasteiger partial charge in [0, 0.05) is 12.8 Å². The van der Waals surface area contributed by atoms with E-state index < -0.39 is 5.97 Å². The van der Waals surface area contributed by atoms with Gasteiger partial charge in [0.25, 0.3) is 0 Å².